The molecule has 4 aromatic rings. The highest BCUT2D eigenvalue weighted by molar-refractivity contribution is 7.99. The van der Waals surface area contributed by atoms with E-state index in [0.717, 1.165) is 0 Å². The van der Waals surface area contributed by atoms with Crippen LogP contribution in [-0.4, -0.2) is 42.7 Å². The Kier molecular flexibility index (Phi) is 5.82. The van der Waals surface area contributed by atoms with Gasteiger partial charge >= 0.3 is 0 Å². The van der Waals surface area contributed by atoms with Crippen LogP contribution < -0.4 is 10.3 Å². The summed E-state index contributed by atoms with van der Waals surface area (Å²) < 4.78 is 21.8. The van der Waals surface area contributed by atoms with Crippen molar-refractivity contribution in [1.82, 2.24) is 19.2 Å². The largest absolute Gasteiger partial charge is 0.491 e. The number of halogens is 1. The summed E-state index contributed by atoms with van der Waals surface area (Å²) >= 11 is 1.31. The Morgan fingerprint density at radius 3 is 2.73 bits per heavy atom. The molecule has 0 saturated carbocycles. The number of hydrogen-bond donors (Lipinski definition) is 1. The number of allylic oxidation sites excluding steroid dienone is 1. The van der Waals surface area contributed by atoms with E-state index in [1.54, 1.807) is 16.5 Å². The van der Waals surface area contributed by atoms with Gasteiger partial charge in [-0.2, -0.15) is 0 Å². The van der Waals surface area contributed by atoms with Crippen LogP contribution in [0.3, 0.4) is 0 Å². The van der Waals surface area contributed by atoms with Crippen LogP contribution in [0.1, 0.15) is 0 Å². The van der Waals surface area contributed by atoms with Gasteiger partial charge < -0.3 is 9.84 Å². The van der Waals surface area contributed by atoms with Crippen molar-refractivity contribution in [2.45, 2.75) is 17.8 Å². The van der Waals surface area contributed by atoms with Gasteiger partial charge in [0.25, 0.3) is 5.56 Å². The SMILES string of the molecule is C=CCn1c(=O)c2ccccc2n2c(SCC(O)COc3ccc(F)cc3)nnc12. The molecule has 0 aliphatic heterocycles. The zero-order valence-electron chi connectivity index (χ0n) is 15.9. The van der Waals surface area contributed by atoms with E-state index in [1.807, 2.05) is 18.2 Å². The molecule has 9 heteroatoms. The molecule has 0 bridgehead atoms. The summed E-state index contributed by atoms with van der Waals surface area (Å²) in [5.41, 5.74) is 0.539. The van der Waals surface area contributed by atoms with Gasteiger partial charge in [0.2, 0.25) is 5.78 Å². The first-order valence-electron chi connectivity index (χ1n) is 9.25. The number of rotatable bonds is 8. The van der Waals surface area contributed by atoms with Gasteiger partial charge in [-0.1, -0.05) is 30.0 Å². The van der Waals surface area contributed by atoms with Crippen LogP contribution in [0.15, 0.2) is 71.1 Å². The third-order valence-electron chi connectivity index (χ3n) is 4.45. The van der Waals surface area contributed by atoms with E-state index in [9.17, 15) is 14.3 Å². The van der Waals surface area contributed by atoms with Crippen LogP contribution in [0, 0.1) is 5.82 Å². The number of fused-ring (bicyclic) bond motifs is 3. The number of aliphatic hydroxyl groups is 1. The Bertz CT molecular complexity index is 1250. The Balaban J connectivity index is 1.56. The highest BCUT2D eigenvalue weighted by Gasteiger charge is 2.17. The van der Waals surface area contributed by atoms with Gasteiger partial charge in [0.15, 0.2) is 5.16 Å². The first-order chi connectivity index (χ1) is 14.6. The second-order valence-electron chi connectivity index (χ2n) is 6.57. The van der Waals surface area contributed by atoms with E-state index in [-0.39, 0.29) is 18.0 Å². The summed E-state index contributed by atoms with van der Waals surface area (Å²) in [6, 6.07) is 12.9. The van der Waals surface area contributed by atoms with Crippen molar-refractivity contribution in [3.8, 4) is 5.75 Å². The van der Waals surface area contributed by atoms with Gasteiger partial charge in [-0.15, -0.1) is 16.8 Å². The Hall–Kier alpha value is -3.17. The molecule has 4 rings (SSSR count). The minimum absolute atomic E-state index is 0.0529. The predicted octanol–water partition coefficient (Wildman–Crippen LogP) is 2.90. The summed E-state index contributed by atoms with van der Waals surface area (Å²) in [7, 11) is 0. The molecule has 2 heterocycles. The minimum Gasteiger partial charge on any atom is -0.491 e. The van der Waals surface area contributed by atoms with E-state index >= 15 is 0 Å². The van der Waals surface area contributed by atoms with E-state index in [1.165, 1.54) is 40.6 Å². The molecule has 2 aromatic heterocycles. The van der Waals surface area contributed by atoms with Crippen LogP contribution in [0.2, 0.25) is 0 Å². The first-order valence-corrected chi connectivity index (χ1v) is 10.2. The van der Waals surface area contributed by atoms with Crippen LogP contribution in [0.5, 0.6) is 5.75 Å². The Morgan fingerprint density at radius 1 is 1.20 bits per heavy atom. The second-order valence-corrected chi connectivity index (χ2v) is 7.56. The third-order valence-corrected chi connectivity index (χ3v) is 5.52. The molecular formula is C21H19FN4O3S. The summed E-state index contributed by atoms with van der Waals surface area (Å²) in [4.78, 5) is 12.8. The third kappa shape index (κ3) is 3.94. The molecule has 1 N–H and O–H groups in total. The number of nitrogens with zero attached hydrogens (tertiary/aromatic N) is 4. The van der Waals surface area contributed by atoms with E-state index < -0.39 is 6.10 Å². The van der Waals surface area contributed by atoms with Gasteiger partial charge in [-0.3, -0.25) is 13.8 Å². The zero-order chi connectivity index (χ0) is 21.1. The molecule has 0 amide bonds. The lowest BCUT2D eigenvalue weighted by atomic mass is 10.2. The summed E-state index contributed by atoms with van der Waals surface area (Å²) in [6.45, 7) is 4.07. The lowest BCUT2D eigenvalue weighted by molar-refractivity contribution is 0.126. The molecule has 0 fully saturated rings. The van der Waals surface area contributed by atoms with Gasteiger partial charge in [-0.25, -0.2) is 4.39 Å². The lowest BCUT2D eigenvalue weighted by Gasteiger charge is -2.12. The lowest BCUT2D eigenvalue weighted by Crippen LogP contribution is -2.23. The summed E-state index contributed by atoms with van der Waals surface area (Å²) in [5, 5.41) is 19.8. The van der Waals surface area contributed by atoms with Crippen LogP contribution in [0.4, 0.5) is 4.39 Å². The van der Waals surface area contributed by atoms with E-state index in [0.29, 0.717) is 39.9 Å². The molecule has 0 radical (unpaired) electrons. The summed E-state index contributed by atoms with van der Waals surface area (Å²) in [5.74, 6) is 0.849. The number of aromatic nitrogens is 4. The van der Waals surface area contributed by atoms with E-state index in [2.05, 4.69) is 16.8 Å². The molecule has 1 unspecified atom stereocenters. The van der Waals surface area contributed by atoms with Gasteiger partial charge in [0, 0.05) is 12.3 Å². The first kappa shape index (κ1) is 20.1. The molecule has 0 spiro atoms. The fourth-order valence-electron chi connectivity index (χ4n) is 3.06. The number of para-hydroxylation sites is 1. The van der Waals surface area contributed by atoms with Crippen LogP contribution in [-0.2, 0) is 6.54 Å². The molecule has 30 heavy (non-hydrogen) atoms. The molecule has 7 nitrogen and oxygen atoms in total. The quantitative estimate of drug-likeness (QED) is 0.345. The fraction of sp³-hybridized carbons (Fsp3) is 0.190. The molecule has 1 atom stereocenters. The topological polar surface area (TPSA) is 81.7 Å². The summed E-state index contributed by atoms with van der Waals surface area (Å²) in [6.07, 6.45) is 0.853. The fourth-order valence-corrected chi connectivity index (χ4v) is 3.91. The highest BCUT2D eigenvalue weighted by Crippen LogP contribution is 2.22. The smallest absolute Gasteiger partial charge is 0.263 e. The van der Waals surface area contributed by atoms with Crippen molar-refractivity contribution in [2.24, 2.45) is 0 Å². The standard InChI is InChI=1S/C21H19FN4O3S/c1-2-11-25-19(28)17-5-3-4-6-18(17)26-20(25)23-24-21(26)30-13-15(27)12-29-16-9-7-14(22)8-10-16/h2-10,15,27H,1,11-13H2. The van der Waals surface area contributed by atoms with Crippen molar-refractivity contribution in [2.75, 3.05) is 12.4 Å². The number of benzene rings is 2. The maximum atomic E-state index is 13.0. The molecule has 0 aliphatic rings. The van der Waals surface area contributed by atoms with Gasteiger partial charge in [0.1, 0.15) is 18.2 Å². The molecule has 154 valence electrons. The zero-order valence-corrected chi connectivity index (χ0v) is 16.8. The van der Waals surface area contributed by atoms with Crippen molar-refractivity contribution in [1.29, 1.82) is 0 Å². The number of hydrogen-bond acceptors (Lipinski definition) is 6. The molecular weight excluding hydrogens is 407 g/mol. The van der Waals surface area contributed by atoms with Crippen molar-refractivity contribution in [3.05, 3.63) is 77.4 Å². The normalized spacial score (nSPS) is 12.3. The van der Waals surface area contributed by atoms with Crippen LogP contribution in [0.25, 0.3) is 16.7 Å². The highest BCUT2D eigenvalue weighted by atomic mass is 32.2. The Morgan fingerprint density at radius 2 is 1.97 bits per heavy atom. The van der Waals surface area contributed by atoms with Crippen molar-refractivity contribution >= 4 is 28.4 Å². The number of aliphatic hydroxyl groups excluding tert-OH is 1. The van der Waals surface area contributed by atoms with E-state index in [4.69, 9.17) is 4.74 Å². The Labute approximate surface area is 175 Å². The molecule has 2 aromatic carbocycles. The number of thioether (sulfide) groups is 1. The van der Waals surface area contributed by atoms with Crippen molar-refractivity contribution < 1.29 is 14.2 Å². The predicted molar refractivity (Wildman–Crippen MR) is 114 cm³/mol. The minimum atomic E-state index is -0.780. The van der Waals surface area contributed by atoms with Crippen LogP contribution >= 0.6 is 11.8 Å². The second kappa shape index (κ2) is 8.68. The average molecular weight is 426 g/mol. The molecule has 0 saturated heterocycles. The monoisotopic (exact) mass is 426 g/mol. The maximum absolute atomic E-state index is 13.0. The van der Waals surface area contributed by atoms with Gasteiger partial charge in [-0.05, 0) is 36.4 Å². The maximum Gasteiger partial charge on any atom is 0.263 e. The average Bonchev–Trinajstić information content (AvgIpc) is 3.19. The van der Waals surface area contributed by atoms with Crippen molar-refractivity contribution in [3.63, 3.8) is 0 Å². The molecule has 0 aliphatic carbocycles. The number of ether oxygens (including phenoxy) is 1. The van der Waals surface area contributed by atoms with Gasteiger partial charge in [0.05, 0.1) is 17.0 Å².